The second-order valence-corrected chi connectivity index (χ2v) is 4.10. The van der Waals surface area contributed by atoms with Crippen LogP contribution in [0.3, 0.4) is 0 Å². The molecule has 8 heteroatoms. The summed E-state index contributed by atoms with van der Waals surface area (Å²) in [5, 5.41) is 4.09. The summed E-state index contributed by atoms with van der Waals surface area (Å²) < 4.78 is 11.8. The van der Waals surface area contributed by atoms with E-state index in [1.54, 1.807) is 24.4 Å². The second-order valence-electron chi connectivity index (χ2n) is 4.10. The Morgan fingerprint density at radius 1 is 1.33 bits per heavy atom. The number of fused-ring (bicyclic) bond motifs is 1. The average molecular weight is 285 g/mol. The van der Waals surface area contributed by atoms with Crippen LogP contribution in [0.2, 0.25) is 0 Å². The number of hydrogen-bond donors (Lipinski definition) is 1. The fraction of sp³-hybridized carbons (Fsp3) is 0.0769. The third-order valence-corrected chi connectivity index (χ3v) is 2.77. The maximum atomic E-state index is 11.6. The lowest BCUT2D eigenvalue weighted by atomic mass is 10.2. The number of nitrogen functional groups attached to an aromatic ring is 1. The summed E-state index contributed by atoms with van der Waals surface area (Å²) in [4.78, 5) is 19.3. The Hall–Kier alpha value is -3.16. The van der Waals surface area contributed by atoms with E-state index in [1.807, 2.05) is 0 Å². The van der Waals surface area contributed by atoms with Gasteiger partial charge < -0.3 is 15.2 Å². The van der Waals surface area contributed by atoms with Crippen LogP contribution in [0.5, 0.6) is 11.6 Å². The number of nitrogens with two attached hydrogens (primary N) is 1. The van der Waals surface area contributed by atoms with Gasteiger partial charge in [0.25, 0.3) is 0 Å². The van der Waals surface area contributed by atoms with Crippen molar-refractivity contribution in [2.45, 2.75) is 0 Å². The van der Waals surface area contributed by atoms with Gasteiger partial charge in [0, 0.05) is 12.3 Å². The fourth-order valence-electron chi connectivity index (χ4n) is 1.83. The van der Waals surface area contributed by atoms with E-state index >= 15 is 0 Å². The maximum absolute atomic E-state index is 11.6. The quantitative estimate of drug-likeness (QED) is 0.723. The zero-order valence-corrected chi connectivity index (χ0v) is 11.1. The van der Waals surface area contributed by atoms with Gasteiger partial charge in [-0.05, 0) is 12.1 Å². The van der Waals surface area contributed by atoms with E-state index < -0.39 is 5.97 Å². The van der Waals surface area contributed by atoms with Crippen molar-refractivity contribution in [3.05, 3.63) is 42.4 Å². The number of carbonyl (C=O) groups is 1. The smallest absolute Gasteiger partial charge is 0.341 e. The molecule has 8 nitrogen and oxygen atoms in total. The molecule has 0 saturated heterocycles. The third kappa shape index (κ3) is 2.46. The SMILES string of the molecule is COC(=O)c1cnn2cc(Oc3ccnc(N)n3)ccc12. The lowest BCUT2D eigenvalue weighted by Gasteiger charge is -2.05. The van der Waals surface area contributed by atoms with Crippen LogP contribution < -0.4 is 10.5 Å². The van der Waals surface area contributed by atoms with Gasteiger partial charge in [0.2, 0.25) is 11.8 Å². The predicted octanol–water partition coefficient (Wildman–Crippen LogP) is 1.29. The minimum Gasteiger partial charge on any atom is -0.465 e. The number of aromatic nitrogens is 4. The van der Waals surface area contributed by atoms with Crippen molar-refractivity contribution in [3.8, 4) is 11.6 Å². The molecule has 0 aromatic carbocycles. The minimum atomic E-state index is -0.442. The second kappa shape index (κ2) is 5.08. The molecular formula is C13H11N5O3. The molecule has 0 spiro atoms. The molecule has 21 heavy (non-hydrogen) atoms. The van der Waals surface area contributed by atoms with Gasteiger partial charge in [-0.1, -0.05) is 0 Å². The standard InChI is InChI=1S/C13H11N5O3/c1-20-12(19)9-6-16-18-7-8(2-3-10(9)18)21-11-4-5-15-13(14)17-11/h2-7H,1H3,(H2,14,15,17). The van der Waals surface area contributed by atoms with Crippen LogP contribution in [-0.2, 0) is 4.74 Å². The van der Waals surface area contributed by atoms with Crippen molar-refractivity contribution >= 4 is 17.4 Å². The molecule has 0 bridgehead atoms. The van der Waals surface area contributed by atoms with E-state index in [9.17, 15) is 4.79 Å². The van der Waals surface area contributed by atoms with Crippen molar-refractivity contribution < 1.29 is 14.3 Å². The predicted molar refractivity (Wildman–Crippen MR) is 73.0 cm³/mol. The molecule has 3 aromatic heterocycles. The van der Waals surface area contributed by atoms with Crippen LogP contribution in [0.1, 0.15) is 10.4 Å². The van der Waals surface area contributed by atoms with E-state index in [0.717, 1.165) is 0 Å². The molecule has 0 atom stereocenters. The van der Waals surface area contributed by atoms with Crippen LogP contribution in [0.4, 0.5) is 5.95 Å². The summed E-state index contributed by atoms with van der Waals surface area (Å²) in [6.07, 6.45) is 4.56. The molecular weight excluding hydrogens is 274 g/mol. The summed E-state index contributed by atoms with van der Waals surface area (Å²) in [6, 6.07) is 4.99. The highest BCUT2D eigenvalue weighted by Crippen LogP contribution is 2.21. The van der Waals surface area contributed by atoms with E-state index in [-0.39, 0.29) is 5.95 Å². The lowest BCUT2D eigenvalue weighted by Crippen LogP contribution is -2.00. The average Bonchev–Trinajstić information content (AvgIpc) is 2.89. The zero-order chi connectivity index (χ0) is 14.8. The number of carbonyl (C=O) groups excluding carboxylic acids is 1. The number of nitrogens with zero attached hydrogens (tertiary/aromatic N) is 4. The Morgan fingerprint density at radius 2 is 2.19 bits per heavy atom. The van der Waals surface area contributed by atoms with Crippen molar-refractivity contribution in [1.82, 2.24) is 19.6 Å². The van der Waals surface area contributed by atoms with Gasteiger partial charge in [-0.15, -0.1) is 0 Å². The first-order valence-corrected chi connectivity index (χ1v) is 5.99. The van der Waals surface area contributed by atoms with E-state index in [0.29, 0.717) is 22.7 Å². The highest BCUT2D eigenvalue weighted by atomic mass is 16.5. The lowest BCUT2D eigenvalue weighted by molar-refractivity contribution is 0.0603. The number of hydrogen-bond acceptors (Lipinski definition) is 7. The molecule has 0 amide bonds. The van der Waals surface area contributed by atoms with Crippen LogP contribution in [-0.4, -0.2) is 32.7 Å². The number of rotatable bonds is 3. The molecule has 0 aliphatic heterocycles. The highest BCUT2D eigenvalue weighted by molar-refractivity contribution is 5.96. The summed E-state index contributed by atoms with van der Waals surface area (Å²) in [5.74, 6) is 0.505. The Kier molecular flexibility index (Phi) is 3.11. The molecule has 0 unspecified atom stereocenters. The Morgan fingerprint density at radius 3 is 2.95 bits per heavy atom. The molecule has 3 heterocycles. The number of pyridine rings is 1. The van der Waals surface area contributed by atoms with E-state index in [1.165, 1.54) is 24.0 Å². The topological polar surface area (TPSA) is 105 Å². The monoisotopic (exact) mass is 285 g/mol. The third-order valence-electron chi connectivity index (χ3n) is 2.77. The number of ether oxygens (including phenoxy) is 2. The van der Waals surface area contributed by atoms with Crippen LogP contribution in [0.15, 0.2) is 36.8 Å². The first kappa shape index (κ1) is 12.9. The number of esters is 1. The van der Waals surface area contributed by atoms with Gasteiger partial charge in [0.15, 0.2) is 0 Å². The van der Waals surface area contributed by atoms with Crippen LogP contribution in [0, 0.1) is 0 Å². The van der Waals surface area contributed by atoms with Crippen molar-refractivity contribution in [2.24, 2.45) is 0 Å². The van der Waals surface area contributed by atoms with Gasteiger partial charge in [-0.2, -0.15) is 10.1 Å². The van der Waals surface area contributed by atoms with Crippen molar-refractivity contribution in [2.75, 3.05) is 12.8 Å². The summed E-state index contributed by atoms with van der Waals surface area (Å²) in [7, 11) is 1.32. The first-order chi connectivity index (χ1) is 10.2. The number of methoxy groups -OCH3 is 1. The molecule has 0 fully saturated rings. The molecule has 3 rings (SSSR count). The molecule has 2 N–H and O–H groups in total. The Labute approximate surface area is 119 Å². The first-order valence-electron chi connectivity index (χ1n) is 5.99. The number of anilines is 1. The van der Waals surface area contributed by atoms with E-state index in [4.69, 9.17) is 10.5 Å². The summed E-state index contributed by atoms with van der Waals surface area (Å²) >= 11 is 0. The van der Waals surface area contributed by atoms with Crippen LogP contribution >= 0.6 is 0 Å². The Bertz CT molecular complexity index is 814. The summed E-state index contributed by atoms with van der Waals surface area (Å²) in [6.45, 7) is 0. The molecule has 0 aliphatic rings. The molecule has 106 valence electrons. The van der Waals surface area contributed by atoms with E-state index in [2.05, 4.69) is 19.8 Å². The van der Waals surface area contributed by atoms with Crippen LogP contribution in [0.25, 0.3) is 5.52 Å². The normalized spacial score (nSPS) is 10.5. The van der Waals surface area contributed by atoms with Gasteiger partial charge >= 0.3 is 5.97 Å². The summed E-state index contributed by atoms with van der Waals surface area (Å²) in [5.41, 5.74) is 6.49. The van der Waals surface area contributed by atoms with Crippen molar-refractivity contribution in [3.63, 3.8) is 0 Å². The van der Waals surface area contributed by atoms with Gasteiger partial charge in [-0.3, -0.25) is 0 Å². The minimum absolute atomic E-state index is 0.126. The molecule has 0 aliphatic carbocycles. The Balaban J connectivity index is 1.93. The van der Waals surface area contributed by atoms with Gasteiger partial charge in [0.05, 0.1) is 25.0 Å². The van der Waals surface area contributed by atoms with Gasteiger partial charge in [0.1, 0.15) is 11.3 Å². The highest BCUT2D eigenvalue weighted by Gasteiger charge is 2.13. The van der Waals surface area contributed by atoms with Gasteiger partial charge in [-0.25, -0.2) is 14.3 Å². The fourth-order valence-corrected chi connectivity index (χ4v) is 1.83. The molecule has 0 saturated carbocycles. The molecule has 0 radical (unpaired) electrons. The maximum Gasteiger partial charge on any atom is 0.341 e. The zero-order valence-electron chi connectivity index (χ0n) is 11.1. The largest absolute Gasteiger partial charge is 0.465 e. The van der Waals surface area contributed by atoms with Crippen molar-refractivity contribution in [1.29, 1.82) is 0 Å². The molecule has 3 aromatic rings.